The monoisotopic (exact) mass is 292 g/mol. The van der Waals surface area contributed by atoms with Gasteiger partial charge in [-0.2, -0.15) is 18.4 Å². The van der Waals surface area contributed by atoms with Crippen molar-refractivity contribution in [3.8, 4) is 6.07 Å². The third kappa shape index (κ3) is 4.39. The van der Waals surface area contributed by atoms with Crippen molar-refractivity contribution in [2.24, 2.45) is 5.92 Å². The summed E-state index contributed by atoms with van der Waals surface area (Å²) in [6, 6.07) is 1.93. The Morgan fingerprint density at radius 1 is 1.45 bits per heavy atom. The second-order valence-corrected chi connectivity index (χ2v) is 4.90. The Kier molecular flexibility index (Phi) is 5.84. The smallest absolute Gasteiger partial charge is 0.422 e. The molecule has 0 spiro atoms. The van der Waals surface area contributed by atoms with Gasteiger partial charge in [0.05, 0.1) is 18.9 Å². The number of aliphatic hydroxyl groups is 1. The van der Waals surface area contributed by atoms with Crippen LogP contribution in [0.5, 0.6) is 0 Å². The molecule has 1 aliphatic rings. The highest BCUT2D eigenvalue weighted by molar-refractivity contribution is 5.06. The van der Waals surface area contributed by atoms with E-state index >= 15 is 0 Å². The van der Waals surface area contributed by atoms with E-state index in [9.17, 15) is 18.3 Å². The molecule has 0 aliphatic heterocycles. The predicted molar refractivity (Wildman–Crippen MR) is 66.5 cm³/mol. The van der Waals surface area contributed by atoms with Gasteiger partial charge >= 0.3 is 6.18 Å². The molecule has 1 fully saturated rings. The van der Waals surface area contributed by atoms with Crippen molar-refractivity contribution in [3.05, 3.63) is 12.3 Å². The van der Waals surface area contributed by atoms with Gasteiger partial charge in [0, 0.05) is 18.5 Å². The van der Waals surface area contributed by atoms with Gasteiger partial charge in [-0.15, -0.1) is 0 Å². The molecule has 0 aromatic carbocycles. The molecule has 0 saturated heterocycles. The number of hydrogen-bond acceptors (Lipinski definition) is 4. The molecule has 0 heterocycles. The lowest BCUT2D eigenvalue weighted by molar-refractivity contribution is -0.238. The lowest BCUT2D eigenvalue weighted by Crippen LogP contribution is -2.52. The molecular weight excluding hydrogens is 273 g/mol. The van der Waals surface area contributed by atoms with E-state index in [1.807, 2.05) is 0 Å². The van der Waals surface area contributed by atoms with Gasteiger partial charge in [0.1, 0.15) is 0 Å². The van der Waals surface area contributed by atoms with Crippen molar-refractivity contribution in [2.75, 3.05) is 13.2 Å². The van der Waals surface area contributed by atoms with Gasteiger partial charge in [0.25, 0.3) is 0 Å². The summed E-state index contributed by atoms with van der Waals surface area (Å²) in [5.41, 5.74) is -2.97. The van der Waals surface area contributed by atoms with Crippen molar-refractivity contribution >= 4 is 0 Å². The number of alkyl halides is 3. The van der Waals surface area contributed by atoms with Gasteiger partial charge in [0.15, 0.2) is 5.60 Å². The first-order chi connectivity index (χ1) is 9.32. The van der Waals surface area contributed by atoms with Crippen LogP contribution >= 0.6 is 0 Å². The van der Waals surface area contributed by atoms with Crippen LogP contribution in [0.3, 0.4) is 0 Å². The molecule has 1 saturated carbocycles. The zero-order valence-electron chi connectivity index (χ0n) is 11.3. The van der Waals surface area contributed by atoms with Crippen LogP contribution in [0.2, 0.25) is 0 Å². The molecule has 20 heavy (non-hydrogen) atoms. The average Bonchev–Trinajstić information content (AvgIpc) is 2.83. The number of hydrogen-bond donors (Lipinski definition) is 2. The fourth-order valence-corrected chi connectivity index (χ4v) is 2.09. The first-order valence-electron chi connectivity index (χ1n) is 6.54. The lowest BCUT2D eigenvalue weighted by Gasteiger charge is -2.29. The molecule has 2 N–H and O–H groups in total. The van der Waals surface area contributed by atoms with Crippen LogP contribution in [0.1, 0.15) is 26.2 Å². The van der Waals surface area contributed by atoms with Gasteiger partial charge in [-0.1, -0.05) is 0 Å². The Balaban J connectivity index is 2.60. The van der Waals surface area contributed by atoms with Gasteiger partial charge in [-0.05, 0) is 32.3 Å². The lowest BCUT2D eigenvalue weighted by atomic mass is 10.0. The van der Waals surface area contributed by atoms with E-state index in [4.69, 9.17) is 10.00 Å². The fourth-order valence-electron chi connectivity index (χ4n) is 2.09. The summed E-state index contributed by atoms with van der Waals surface area (Å²) >= 11 is 0. The largest absolute Gasteiger partial charge is 0.502 e. The highest BCUT2D eigenvalue weighted by Gasteiger charge is 2.52. The third-order valence-corrected chi connectivity index (χ3v) is 3.37. The Morgan fingerprint density at radius 2 is 2.15 bits per heavy atom. The minimum atomic E-state index is -4.79. The van der Waals surface area contributed by atoms with Gasteiger partial charge in [0.2, 0.25) is 0 Å². The molecule has 3 unspecified atom stereocenters. The number of halogens is 3. The molecule has 0 radical (unpaired) electrons. The van der Waals surface area contributed by atoms with Crippen LogP contribution in [-0.4, -0.2) is 36.1 Å². The van der Waals surface area contributed by atoms with E-state index in [0.717, 1.165) is 6.26 Å². The second kappa shape index (κ2) is 6.95. The molecule has 4 nitrogen and oxygen atoms in total. The van der Waals surface area contributed by atoms with Crippen molar-refractivity contribution in [2.45, 2.75) is 44.0 Å². The summed E-state index contributed by atoms with van der Waals surface area (Å²) in [7, 11) is 0. The molecule has 3 atom stereocenters. The minimum absolute atomic E-state index is 0.120. The Hall–Kier alpha value is -1.26. The average molecular weight is 292 g/mol. The summed E-state index contributed by atoms with van der Waals surface area (Å²) in [6.07, 6.45) is -1.49. The van der Waals surface area contributed by atoms with Crippen molar-refractivity contribution in [1.82, 2.24) is 5.32 Å². The molecule has 0 aromatic rings. The highest BCUT2D eigenvalue weighted by Crippen LogP contribution is 2.32. The first-order valence-corrected chi connectivity index (χ1v) is 6.54. The molecule has 1 aliphatic carbocycles. The Labute approximate surface area is 116 Å². The molecule has 7 heteroatoms. The molecule has 0 aromatic heterocycles. The quantitative estimate of drug-likeness (QED) is 0.736. The minimum Gasteiger partial charge on any atom is -0.502 e. The predicted octanol–water partition coefficient (Wildman–Crippen LogP) is 2.11. The molecule has 114 valence electrons. The van der Waals surface area contributed by atoms with E-state index in [1.54, 1.807) is 6.92 Å². The number of nitrogens with one attached hydrogen (secondary N) is 1. The zero-order chi connectivity index (χ0) is 15.2. The van der Waals surface area contributed by atoms with Crippen molar-refractivity contribution in [1.29, 1.82) is 5.26 Å². The number of nitriles is 1. The van der Waals surface area contributed by atoms with E-state index in [2.05, 4.69) is 11.4 Å². The van der Waals surface area contributed by atoms with Crippen LogP contribution in [0.15, 0.2) is 12.3 Å². The van der Waals surface area contributed by atoms with E-state index in [1.165, 1.54) is 0 Å². The topological polar surface area (TPSA) is 65.3 Å². The SMILES string of the molecule is CCO/C=C/C(O)(CNC1CCC(C#N)C1)C(F)(F)F. The van der Waals surface area contributed by atoms with Crippen molar-refractivity contribution < 1.29 is 23.0 Å². The van der Waals surface area contributed by atoms with Crippen LogP contribution in [0.25, 0.3) is 0 Å². The van der Waals surface area contributed by atoms with E-state index in [-0.39, 0.29) is 18.6 Å². The summed E-state index contributed by atoms with van der Waals surface area (Å²) < 4.78 is 43.4. The summed E-state index contributed by atoms with van der Waals surface area (Å²) in [5, 5.41) is 21.2. The Morgan fingerprint density at radius 3 is 2.65 bits per heavy atom. The molecular formula is C13H19F3N2O2. The van der Waals surface area contributed by atoms with Crippen LogP contribution in [-0.2, 0) is 4.74 Å². The van der Waals surface area contributed by atoms with E-state index < -0.39 is 18.3 Å². The maximum atomic E-state index is 12.9. The van der Waals surface area contributed by atoms with Crippen LogP contribution in [0, 0.1) is 17.2 Å². The zero-order valence-corrected chi connectivity index (χ0v) is 11.3. The van der Waals surface area contributed by atoms with E-state index in [0.29, 0.717) is 25.3 Å². The molecule has 1 rings (SSSR count). The maximum absolute atomic E-state index is 12.9. The summed E-state index contributed by atoms with van der Waals surface area (Å²) in [4.78, 5) is 0. The molecule has 0 amide bonds. The Bertz CT molecular complexity index is 379. The molecule has 0 bridgehead atoms. The number of rotatable bonds is 6. The highest BCUT2D eigenvalue weighted by atomic mass is 19.4. The second-order valence-electron chi connectivity index (χ2n) is 4.90. The summed E-state index contributed by atoms with van der Waals surface area (Å²) in [5.74, 6) is -0.120. The van der Waals surface area contributed by atoms with Crippen molar-refractivity contribution in [3.63, 3.8) is 0 Å². The standard InChI is InChI=1S/C13H19F3N2O2/c1-2-20-6-5-12(19,13(14,15)16)9-18-11-4-3-10(7-11)8-17/h5-6,10-11,18-19H,2-4,7,9H2,1H3/b6-5+. The van der Waals surface area contributed by atoms with Crippen LogP contribution in [0.4, 0.5) is 13.2 Å². The van der Waals surface area contributed by atoms with Gasteiger partial charge in [-0.25, -0.2) is 0 Å². The van der Waals surface area contributed by atoms with Gasteiger partial charge in [-0.3, -0.25) is 0 Å². The summed E-state index contributed by atoms with van der Waals surface area (Å²) in [6.45, 7) is 1.21. The third-order valence-electron chi connectivity index (χ3n) is 3.37. The van der Waals surface area contributed by atoms with Gasteiger partial charge < -0.3 is 15.2 Å². The normalized spacial score (nSPS) is 26.4. The first kappa shape index (κ1) is 16.8. The number of nitrogens with zero attached hydrogens (tertiary/aromatic N) is 1. The number of ether oxygens (including phenoxy) is 1. The fraction of sp³-hybridized carbons (Fsp3) is 0.769. The maximum Gasteiger partial charge on any atom is 0.422 e. The van der Waals surface area contributed by atoms with Crippen LogP contribution < -0.4 is 5.32 Å².